The Kier molecular flexibility index (Phi) is 6.00. The van der Waals surface area contributed by atoms with Crippen LogP contribution in [0.15, 0.2) is 35.0 Å². The minimum Gasteiger partial charge on any atom is -0.143 e. The van der Waals surface area contributed by atoms with E-state index in [1.54, 1.807) is 22.7 Å². The molecule has 3 aromatic rings. The van der Waals surface area contributed by atoms with E-state index >= 15 is 0 Å². The van der Waals surface area contributed by atoms with Crippen molar-refractivity contribution >= 4 is 50.2 Å². The van der Waals surface area contributed by atoms with E-state index in [0.29, 0.717) is 0 Å². The molecular weight excluding hydrogens is 417 g/mol. The van der Waals surface area contributed by atoms with Crippen LogP contribution in [0.2, 0.25) is 39.3 Å². The van der Waals surface area contributed by atoms with Crippen molar-refractivity contribution in [3.8, 4) is 42.4 Å². The third-order valence-corrected chi connectivity index (χ3v) is 8.56. The Hall–Kier alpha value is -1.35. The van der Waals surface area contributed by atoms with E-state index in [-0.39, 0.29) is 0 Å². The van der Waals surface area contributed by atoms with Gasteiger partial charge < -0.3 is 0 Å². The lowest BCUT2D eigenvalue weighted by atomic mass is 10.1. The standard InChI is InChI=1S/C22H24S3Si2/c1-26(2,3)15-11-17-18(12-16-27(4,5)6)22(20-10-8-14-24-20)25-21(17)19-9-7-13-23-19/h7-10,13-14H,1-6H3. The van der Waals surface area contributed by atoms with Crippen LogP contribution in [0.5, 0.6) is 0 Å². The van der Waals surface area contributed by atoms with Crippen LogP contribution in [0.1, 0.15) is 11.1 Å². The normalized spacial score (nSPS) is 11.5. The summed E-state index contributed by atoms with van der Waals surface area (Å²) in [6.45, 7) is 13.8. The molecular formula is C22H24S3Si2. The SMILES string of the molecule is C[Si](C)(C)C#Cc1c(-c2cccs2)sc(-c2cccs2)c1C#C[Si](C)(C)C. The van der Waals surface area contributed by atoms with E-state index in [9.17, 15) is 0 Å². The van der Waals surface area contributed by atoms with Crippen molar-refractivity contribution < 1.29 is 0 Å². The molecule has 3 aromatic heterocycles. The largest absolute Gasteiger partial charge is 0.143 e. The molecule has 0 amide bonds. The highest BCUT2D eigenvalue weighted by Crippen LogP contribution is 2.44. The zero-order valence-electron chi connectivity index (χ0n) is 16.7. The summed E-state index contributed by atoms with van der Waals surface area (Å²) in [7, 11) is -2.95. The maximum atomic E-state index is 3.58. The lowest BCUT2D eigenvalue weighted by molar-refractivity contribution is 1.72. The second-order valence-corrected chi connectivity index (χ2v) is 20.9. The van der Waals surface area contributed by atoms with Crippen LogP contribution in [0.3, 0.4) is 0 Å². The van der Waals surface area contributed by atoms with Crippen molar-refractivity contribution in [3.63, 3.8) is 0 Å². The molecule has 0 spiro atoms. The van der Waals surface area contributed by atoms with E-state index in [0.717, 1.165) is 11.1 Å². The summed E-state index contributed by atoms with van der Waals surface area (Å²) >= 11 is 5.42. The molecule has 138 valence electrons. The summed E-state index contributed by atoms with van der Waals surface area (Å²) in [6, 6.07) is 8.63. The second-order valence-electron chi connectivity index (χ2n) is 8.46. The molecule has 0 aliphatic rings. The van der Waals surface area contributed by atoms with E-state index < -0.39 is 16.1 Å². The molecule has 0 aromatic carbocycles. The number of rotatable bonds is 2. The van der Waals surface area contributed by atoms with E-state index in [1.165, 1.54) is 19.5 Å². The smallest absolute Gasteiger partial charge is 0.129 e. The van der Waals surface area contributed by atoms with Gasteiger partial charge in [-0.15, -0.1) is 45.1 Å². The molecule has 0 aliphatic carbocycles. The van der Waals surface area contributed by atoms with Crippen molar-refractivity contribution in [3.05, 3.63) is 46.2 Å². The van der Waals surface area contributed by atoms with Crippen LogP contribution in [-0.2, 0) is 0 Å². The van der Waals surface area contributed by atoms with Crippen LogP contribution >= 0.6 is 34.0 Å². The Morgan fingerprint density at radius 1 is 0.667 bits per heavy atom. The van der Waals surface area contributed by atoms with Crippen LogP contribution in [0.25, 0.3) is 19.5 Å². The van der Waals surface area contributed by atoms with E-state index in [1.807, 2.05) is 11.3 Å². The van der Waals surface area contributed by atoms with Gasteiger partial charge in [-0.1, -0.05) is 63.3 Å². The van der Waals surface area contributed by atoms with Gasteiger partial charge in [0.2, 0.25) is 0 Å². The molecule has 0 nitrogen and oxygen atoms in total. The van der Waals surface area contributed by atoms with Gasteiger partial charge in [-0.2, -0.15) is 0 Å². The Labute approximate surface area is 177 Å². The highest BCUT2D eigenvalue weighted by Gasteiger charge is 2.21. The molecule has 0 N–H and O–H groups in total. The fraction of sp³-hybridized carbons (Fsp3) is 0.273. The molecule has 3 heterocycles. The highest BCUT2D eigenvalue weighted by atomic mass is 32.1. The minimum absolute atomic E-state index is 1.14. The van der Waals surface area contributed by atoms with Gasteiger partial charge in [0.05, 0.1) is 20.9 Å². The minimum atomic E-state index is -1.48. The molecule has 27 heavy (non-hydrogen) atoms. The highest BCUT2D eigenvalue weighted by molar-refractivity contribution is 7.26. The zero-order chi connectivity index (χ0) is 19.7. The Bertz CT molecular complexity index is 949. The van der Waals surface area contributed by atoms with Gasteiger partial charge in [-0.25, -0.2) is 0 Å². The lowest BCUT2D eigenvalue weighted by Crippen LogP contribution is -2.16. The van der Waals surface area contributed by atoms with Gasteiger partial charge in [0, 0.05) is 9.75 Å². The zero-order valence-corrected chi connectivity index (χ0v) is 21.1. The molecule has 0 saturated carbocycles. The Morgan fingerprint density at radius 3 is 1.37 bits per heavy atom. The predicted molar refractivity (Wildman–Crippen MR) is 131 cm³/mol. The summed E-state index contributed by atoms with van der Waals surface area (Å²) < 4.78 is 0. The fourth-order valence-corrected chi connectivity index (χ4v) is 6.26. The molecule has 0 unspecified atom stereocenters. The first-order valence-electron chi connectivity index (χ1n) is 8.95. The van der Waals surface area contributed by atoms with Gasteiger partial charge in [-0.3, -0.25) is 0 Å². The van der Waals surface area contributed by atoms with Crippen molar-refractivity contribution in [1.82, 2.24) is 0 Å². The number of hydrogen-bond donors (Lipinski definition) is 0. The summed E-state index contributed by atoms with van der Waals surface area (Å²) in [5, 5.41) is 4.28. The molecule has 0 aliphatic heterocycles. The summed E-state index contributed by atoms with van der Waals surface area (Å²) in [6.07, 6.45) is 0. The predicted octanol–water partition coefficient (Wildman–Crippen LogP) is 7.66. The topological polar surface area (TPSA) is 0 Å². The summed E-state index contributed by atoms with van der Waals surface area (Å²) in [5.74, 6) is 7.15. The molecule has 3 rings (SSSR count). The third kappa shape index (κ3) is 5.34. The average Bonchev–Trinajstić information content (AvgIpc) is 3.28. The van der Waals surface area contributed by atoms with Crippen molar-refractivity contribution in [2.75, 3.05) is 0 Å². The summed E-state index contributed by atoms with van der Waals surface area (Å²) in [4.78, 5) is 5.13. The molecule has 0 fully saturated rings. The van der Waals surface area contributed by atoms with E-state index in [2.05, 4.69) is 97.2 Å². The maximum absolute atomic E-state index is 3.58. The third-order valence-electron chi connectivity index (χ3n) is 3.52. The summed E-state index contributed by atoms with van der Waals surface area (Å²) in [5.41, 5.74) is 9.44. The first-order chi connectivity index (χ1) is 12.6. The van der Waals surface area contributed by atoms with E-state index in [4.69, 9.17) is 0 Å². The Balaban J connectivity index is 2.31. The van der Waals surface area contributed by atoms with Gasteiger partial charge >= 0.3 is 0 Å². The number of thiophene rings is 3. The van der Waals surface area contributed by atoms with Crippen molar-refractivity contribution in [1.29, 1.82) is 0 Å². The van der Waals surface area contributed by atoms with Gasteiger partial charge in [-0.05, 0) is 22.9 Å². The number of hydrogen-bond acceptors (Lipinski definition) is 3. The second kappa shape index (κ2) is 7.95. The monoisotopic (exact) mass is 440 g/mol. The van der Waals surface area contributed by atoms with Crippen molar-refractivity contribution in [2.45, 2.75) is 39.3 Å². The van der Waals surface area contributed by atoms with Gasteiger partial charge in [0.25, 0.3) is 0 Å². The molecule has 0 atom stereocenters. The van der Waals surface area contributed by atoms with Crippen molar-refractivity contribution in [2.24, 2.45) is 0 Å². The van der Waals surface area contributed by atoms with Crippen LogP contribution in [0, 0.1) is 22.9 Å². The van der Waals surface area contributed by atoms with Gasteiger partial charge in [0.1, 0.15) is 16.1 Å². The average molecular weight is 441 g/mol. The first kappa shape index (κ1) is 20.4. The molecule has 0 radical (unpaired) electrons. The quantitative estimate of drug-likeness (QED) is 0.283. The lowest BCUT2D eigenvalue weighted by Gasteiger charge is -2.05. The maximum Gasteiger partial charge on any atom is 0.129 e. The molecule has 0 saturated heterocycles. The molecule has 5 heteroatoms. The van der Waals surface area contributed by atoms with Gasteiger partial charge in [0.15, 0.2) is 0 Å². The Morgan fingerprint density at radius 2 is 1.07 bits per heavy atom. The van der Waals surface area contributed by atoms with Crippen LogP contribution in [-0.4, -0.2) is 16.1 Å². The van der Waals surface area contributed by atoms with Crippen LogP contribution < -0.4 is 0 Å². The van der Waals surface area contributed by atoms with Crippen LogP contribution in [0.4, 0.5) is 0 Å². The first-order valence-corrected chi connectivity index (χ1v) is 18.5. The fourth-order valence-electron chi connectivity index (χ4n) is 2.33. The molecule has 0 bridgehead atoms.